The number of nitrogens with one attached hydrogen (secondary N) is 1. The van der Waals surface area contributed by atoms with Crippen molar-refractivity contribution in [3.8, 4) is 0 Å². The SMILES string of the molecule is CCCc1ccc(N2CCC(NCC)C(C)C2)cc1. The third kappa shape index (κ3) is 3.73. The molecule has 1 aromatic carbocycles. The van der Waals surface area contributed by atoms with Gasteiger partial charge in [-0.15, -0.1) is 0 Å². The van der Waals surface area contributed by atoms with Crippen LogP contribution in [0.1, 0.15) is 39.2 Å². The van der Waals surface area contributed by atoms with Gasteiger partial charge in [0.2, 0.25) is 0 Å². The van der Waals surface area contributed by atoms with Crippen molar-refractivity contribution < 1.29 is 0 Å². The molecule has 2 rings (SSSR count). The molecule has 1 aliphatic rings. The highest BCUT2D eigenvalue weighted by molar-refractivity contribution is 5.48. The van der Waals surface area contributed by atoms with E-state index in [0.717, 1.165) is 12.5 Å². The minimum atomic E-state index is 0.695. The van der Waals surface area contributed by atoms with Crippen molar-refractivity contribution >= 4 is 5.69 Å². The smallest absolute Gasteiger partial charge is 0.0366 e. The standard InChI is InChI=1S/C17H28N2/c1-4-6-15-7-9-16(10-8-15)19-12-11-17(18-5-2)14(3)13-19/h7-10,14,17-18H,4-6,11-13H2,1-3H3. The minimum absolute atomic E-state index is 0.695. The molecular formula is C17H28N2. The van der Waals surface area contributed by atoms with Crippen LogP contribution in [-0.2, 0) is 6.42 Å². The molecule has 0 amide bonds. The van der Waals surface area contributed by atoms with Gasteiger partial charge in [0.25, 0.3) is 0 Å². The monoisotopic (exact) mass is 260 g/mol. The first-order valence-corrected chi connectivity index (χ1v) is 7.81. The van der Waals surface area contributed by atoms with Gasteiger partial charge in [-0.25, -0.2) is 0 Å². The van der Waals surface area contributed by atoms with E-state index in [1.165, 1.54) is 43.6 Å². The van der Waals surface area contributed by atoms with Crippen LogP contribution < -0.4 is 10.2 Å². The van der Waals surface area contributed by atoms with Gasteiger partial charge in [0, 0.05) is 24.8 Å². The minimum Gasteiger partial charge on any atom is -0.371 e. The maximum Gasteiger partial charge on any atom is 0.0366 e. The fourth-order valence-electron chi connectivity index (χ4n) is 3.11. The lowest BCUT2D eigenvalue weighted by atomic mass is 9.93. The van der Waals surface area contributed by atoms with Crippen LogP contribution >= 0.6 is 0 Å². The number of rotatable bonds is 5. The predicted molar refractivity (Wildman–Crippen MR) is 83.9 cm³/mol. The van der Waals surface area contributed by atoms with Crippen LogP contribution in [0.5, 0.6) is 0 Å². The van der Waals surface area contributed by atoms with Gasteiger partial charge in [0.1, 0.15) is 0 Å². The average Bonchev–Trinajstić information content (AvgIpc) is 2.43. The molecule has 106 valence electrons. The Labute approximate surface area is 118 Å². The number of hydrogen-bond acceptors (Lipinski definition) is 2. The van der Waals surface area contributed by atoms with Crippen molar-refractivity contribution in [2.75, 3.05) is 24.5 Å². The van der Waals surface area contributed by atoms with E-state index in [-0.39, 0.29) is 0 Å². The number of piperidine rings is 1. The van der Waals surface area contributed by atoms with Crippen LogP contribution in [0.4, 0.5) is 5.69 Å². The van der Waals surface area contributed by atoms with Gasteiger partial charge in [-0.05, 0) is 43.0 Å². The molecule has 0 saturated carbocycles. The summed E-state index contributed by atoms with van der Waals surface area (Å²) < 4.78 is 0. The Hall–Kier alpha value is -1.02. The second-order valence-electron chi connectivity index (χ2n) is 5.79. The van der Waals surface area contributed by atoms with Crippen molar-refractivity contribution in [2.24, 2.45) is 5.92 Å². The van der Waals surface area contributed by atoms with Crippen LogP contribution in [0.3, 0.4) is 0 Å². The van der Waals surface area contributed by atoms with E-state index in [9.17, 15) is 0 Å². The van der Waals surface area contributed by atoms with Crippen LogP contribution in [0, 0.1) is 5.92 Å². The third-order valence-electron chi connectivity index (χ3n) is 4.21. The van der Waals surface area contributed by atoms with Gasteiger partial charge >= 0.3 is 0 Å². The molecule has 1 N–H and O–H groups in total. The molecule has 2 heteroatoms. The normalized spacial score (nSPS) is 23.6. The molecule has 1 fully saturated rings. The second-order valence-corrected chi connectivity index (χ2v) is 5.79. The highest BCUT2D eigenvalue weighted by Crippen LogP contribution is 2.24. The summed E-state index contributed by atoms with van der Waals surface area (Å²) in [7, 11) is 0. The average molecular weight is 260 g/mol. The van der Waals surface area contributed by atoms with Crippen LogP contribution in [0.2, 0.25) is 0 Å². The number of hydrogen-bond donors (Lipinski definition) is 1. The summed E-state index contributed by atoms with van der Waals surface area (Å²) in [5.74, 6) is 0.726. The van der Waals surface area contributed by atoms with E-state index < -0.39 is 0 Å². The highest BCUT2D eigenvalue weighted by Gasteiger charge is 2.25. The first-order chi connectivity index (χ1) is 9.24. The molecule has 0 radical (unpaired) electrons. The summed E-state index contributed by atoms with van der Waals surface area (Å²) >= 11 is 0. The van der Waals surface area contributed by atoms with Gasteiger partial charge in [0.05, 0.1) is 0 Å². The molecule has 0 spiro atoms. The van der Waals surface area contributed by atoms with Crippen molar-refractivity contribution in [3.05, 3.63) is 29.8 Å². The Balaban J connectivity index is 1.96. The maximum atomic E-state index is 3.61. The van der Waals surface area contributed by atoms with Gasteiger partial charge in [-0.3, -0.25) is 0 Å². The zero-order valence-corrected chi connectivity index (χ0v) is 12.7. The summed E-state index contributed by atoms with van der Waals surface area (Å²) in [5, 5.41) is 3.61. The Morgan fingerprint density at radius 3 is 2.53 bits per heavy atom. The lowest BCUT2D eigenvalue weighted by molar-refractivity contribution is 0.327. The topological polar surface area (TPSA) is 15.3 Å². The Morgan fingerprint density at radius 2 is 1.95 bits per heavy atom. The van der Waals surface area contributed by atoms with Gasteiger partial charge in [-0.1, -0.05) is 39.3 Å². The van der Waals surface area contributed by atoms with Crippen LogP contribution in [0.15, 0.2) is 24.3 Å². The lowest BCUT2D eigenvalue weighted by Crippen LogP contribution is -2.48. The fraction of sp³-hybridized carbons (Fsp3) is 0.647. The van der Waals surface area contributed by atoms with E-state index in [2.05, 4.69) is 55.3 Å². The van der Waals surface area contributed by atoms with Crippen molar-refractivity contribution in [1.29, 1.82) is 0 Å². The lowest BCUT2D eigenvalue weighted by Gasteiger charge is -2.38. The predicted octanol–water partition coefficient (Wildman–Crippen LogP) is 3.46. The largest absolute Gasteiger partial charge is 0.371 e. The van der Waals surface area contributed by atoms with Crippen LogP contribution in [0.25, 0.3) is 0 Å². The molecule has 19 heavy (non-hydrogen) atoms. The molecule has 0 aromatic heterocycles. The zero-order chi connectivity index (χ0) is 13.7. The highest BCUT2D eigenvalue weighted by atomic mass is 15.2. The van der Waals surface area contributed by atoms with Gasteiger partial charge < -0.3 is 10.2 Å². The van der Waals surface area contributed by atoms with Gasteiger partial charge in [-0.2, -0.15) is 0 Å². The summed E-state index contributed by atoms with van der Waals surface area (Å²) in [4.78, 5) is 2.54. The number of nitrogens with zero attached hydrogens (tertiary/aromatic N) is 1. The Bertz CT molecular complexity index is 371. The summed E-state index contributed by atoms with van der Waals surface area (Å²) in [5.41, 5.74) is 2.85. The van der Waals surface area contributed by atoms with Crippen molar-refractivity contribution in [3.63, 3.8) is 0 Å². The summed E-state index contributed by atoms with van der Waals surface area (Å²) in [6, 6.07) is 9.87. The van der Waals surface area contributed by atoms with E-state index in [1.807, 2.05) is 0 Å². The molecule has 0 bridgehead atoms. The zero-order valence-electron chi connectivity index (χ0n) is 12.7. The van der Waals surface area contributed by atoms with E-state index in [4.69, 9.17) is 0 Å². The van der Waals surface area contributed by atoms with Crippen molar-refractivity contribution in [2.45, 2.75) is 46.1 Å². The fourth-order valence-corrected chi connectivity index (χ4v) is 3.11. The molecule has 1 saturated heterocycles. The maximum absolute atomic E-state index is 3.61. The first kappa shape index (κ1) is 14.4. The second kappa shape index (κ2) is 6.95. The van der Waals surface area contributed by atoms with Crippen molar-refractivity contribution in [1.82, 2.24) is 5.32 Å². The number of benzene rings is 1. The molecule has 2 nitrogen and oxygen atoms in total. The van der Waals surface area contributed by atoms with E-state index in [1.54, 1.807) is 0 Å². The summed E-state index contributed by atoms with van der Waals surface area (Å²) in [6.07, 6.45) is 3.68. The third-order valence-corrected chi connectivity index (χ3v) is 4.21. The van der Waals surface area contributed by atoms with Gasteiger partial charge in [0.15, 0.2) is 0 Å². The number of aryl methyl sites for hydroxylation is 1. The molecule has 1 aliphatic heterocycles. The quantitative estimate of drug-likeness (QED) is 0.872. The summed E-state index contributed by atoms with van der Waals surface area (Å²) in [6.45, 7) is 10.2. The first-order valence-electron chi connectivity index (χ1n) is 7.81. The van der Waals surface area contributed by atoms with Crippen LogP contribution in [-0.4, -0.2) is 25.7 Å². The molecule has 1 aromatic rings. The van der Waals surface area contributed by atoms with E-state index >= 15 is 0 Å². The molecule has 1 heterocycles. The molecular weight excluding hydrogens is 232 g/mol. The Morgan fingerprint density at radius 1 is 1.21 bits per heavy atom. The Kier molecular flexibility index (Phi) is 5.26. The molecule has 2 atom stereocenters. The molecule has 0 aliphatic carbocycles. The molecule has 2 unspecified atom stereocenters. The van der Waals surface area contributed by atoms with E-state index in [0.29, 0.717) is 6.04 Å². The number of anilines is 1.